The van der Waals surface area contributed by atoms with Crippen LogP contribution in [0.3, 0.4) is 0 Å². The van der Waals surface area contributed by atoms with Gasteiger partial charge in [0.25, 0.3) is 0 Å². The standard InChI is InChI=1S/C11H10.C3H4O/c1-9-5-4-7-10-6-2-3-8-11(9)10;1-2-3-4/h2-8H,1H3;2-3H,1H2. The summed E-state index contributed by atoms with van der Waals surface area (Å²) in [5.41, 5.74) is 1.35. The molecule has 0 unspecified atom stereocenters. The van der Waals surface area contributed by atoms with Crippen molar-refractivity contribution in [2.75, 3.05) is 0 Å². The minimum atomic E-state index is 0.639. The van der Waals surface area contributed by atoms with E-state index in [1.807, 2.05) is 0 Å². The first-order valence-electron chi connectivity index (χ1n) is 4.80. The van der Waals surface area contributed by atoms with E-state index in [2.05, 4.69) is 56.0 Å². The summed E-state index contributed by atoms with van der Waals surface area (Å²) in [7, 11) is 0. The third kappa shape index (κ3) is 3.06. The van der Waals surface area contributed by atoms with E-state index < -0.39 is 0 Å². The molecule has 1 heteroatoms. The summed E-state index contributed by atoms with van der Waals surface area (Å²) in [5, 5.41) is 2.68. The van der Waals surface area contributed by atoms with Gasteiger partial charge in [-0.05, 0) is 29.3 Å². The van der Waals surface area contributed by atoms with E-state index in [4.69, 9.17) is 4.79 Å². The molecule has 0 bridgehead atoms. The normalized spacial score (nSPS) is 8.87. The van der Waals surface area contributed by atoms with Crippen molar-refractivity contribution in [3.63, 3.8) is 0 Å². The van der Waals surface area contributed by atoms with Gasteiger partial charge in [-0.3, -0.25) is 4.79 Å². The molecule has 0 atom stereocenters. The van der Waals surface area contributed by atoms with Gasteiger partial charge < -0.3 is 0 Å². The van der Waals surface area contributed by atoms with Crippen LogP contribution >= 0.6 is 0 Å². The molecule has 0 saturated carbocycles. The van der Waals surface area contributed by atoms with Crippen LogP contribution in [0.5, 0.6) is 0 Å². The summed E-state index contributed by atoms with van der Waals surface area (Å²) in [4.78, 5) is 9.06. The van der Waals surface area contributed by atoms with E-state index in [1.54, 1.807) is 0 Å². The summed E-state index contributed by atoms with van der Waals surface area (Å²) >= 11 is 0. The maximum Gasteiger partial charge on any atom is 0.142 e. The first-order valence-corrected chi connectivity index (χ1v) is 4.80. The lowest BCUT2D eigenvalue weighted by Gasteiger charge is -1.98. The topological polar surface area (TPSA) is 17.1 Å². The third-order valence-corrected chi connectivity index (χ3v) is 2.10. The van der Waals surface area contributed by atoms with Crippen molar-refractivity contribution in [2.45, 2.75) is 6.92 Å². The van der Waals surface area contributed by atoms with Gasteiger partial charge in [0.15, 0.2) is 0 Å². The fourth-order valence-corrected chi connectivity index (χ4v) is 1.39. The molecule has 0 N–H and O–H groups in total. The van der Waals surface area contributed by atoms with Crippen molar-refractivity contribution in [3.05, 3.63) is 60.7 Å². The fraction of sp³-hybridized carbons (Fsp3) is 0.0714. The molecule has 0 amide bonds. The Morgan fingerprint density at radius 2 is 1.67 bits per heavy atom. The van der Waals surface area contributed by atoms with Gasteiger partial charge in [-0.2, -0.15) is 0 Å². The van der Waals surface area contributed by atoms with Crippen LogP contribution in [0.1, 0.15) is 5.56 Å². The average molecular weight is 198 g/mol. The molecule has 0 aliphatic carbocycles. The minimum absolute atomic E-state index is 0.639. The van der Waals surface area contributed by atoms with Gasteiger partial charge in [-0.1, -0.05) is 49.0 Å². The number of aryl methyl sites for hydroxylation is 1. The molecule has 0 aliphatic heterocycles. The minimum Gasteiger partial charge on any atom is -0.299 e. The van der Waals surface area contributed by atoms with Gasteiger partial charge >= 0.3 is 0 Å². The zero-order valence-corrected chi connectivity index (χ0v) is 8.81. The molecule has 0 heterocycles. The second kappa shape index (κ2) is 5.76. The van der Waals surface area contributed by atoms with Crippen molar-refractivity contribution in [2.24, 2.45) is 0 Å². The molecule has 0 fully saturated rings. The predicted octanol–water partition coefficient (Wildman–Crippen LogP) is 3.52. The Hall–Kier alpha value is -1.89. The van der Waals surface area contributed by atoms with Gasteiger partial charge in [0, 0.05) is 0 Å². The Balaban J connectivity index is 0.000000245. The zero-order chi connectivity index (χ0) is 11.1. The predicted molar refractivity (Wildman–Crippen MR) is 64.9 cm³/mol. The number of carbonyl (C=O) groups is 1. The summed E-state index contributed by atoms with van der Waals surface area (Å²) < 4.78 is 0. The van der Waals surface area contributed by atoms with E-state index in [0.717, 1.165) is 0 Å². The lowest BCUT2D eigenvalue weighted by Crippen LogP contribution is -1.75. The smallest absolute Gasteiger partial charge is 0.142 e. The maximum atomic E-state index is 9.06. The molecular weight excluding hydrogens is 184 g/mol. The van der Waals surface area contributed by atoms with Gasteiger partial charge in [0.2, 0.25) is 0 Å². The average Bonchev–Trinajstić information content (AvgIpc) is 2.30. The van der Waals surface area contributed by atoms with Crippen LogP contribution in [0.2, 0.25) is 0 Å². The number of rotatable bonds is 1. The summed E-state index contributed by atoms with van der Waals surface area (Å²) in [5.74, 6) is 0. The first-order chi connectivity index (χ1) is 7.29. The molecule has 2 aromatic rings. The number of benzene rings is 2. The van der Waals surface area contributed by atoms with Crippen LogP contribution in [0.4, 0.5) is 0 Å². The number of hydrogen-bond acceptors (Lipinski definition) is 1. The summed E-state index contributed by atoms with van der Waals surface area (Å²) in [6, 6.07) is 14.8. The molecule has 2 rings (SSSR count). The zero-order valence-electron chi connectivity index (χ0n) is 8.81. The number of fused-ring (bicyclic) bond motifs is 1. The number of hydrogen-bond donors (Lipinski definition) is 0. The molecule has 0 aliphatic rings. The van der Waals surface area contributed by atoms with Crippen LogP contribution in [-0.2, 0) is 4.79 Å². The van der Waals surface area contributed by atoms with Crippen LogP contribution < -0.4 is 0 Å². The van der Waals surface area contributed by atoms with E-state index in [9.17, 15) is 0 Å². The molecule has 0 radical (unpaired) electrons. The SMILES string of the molecule is C=CC=O.Cc1cccc2ccccc12. The lowest BCUT2D eigenvalue weighted by atomic mass is 10.1. The van der Waals surface area contributed by atoms with Gasteiger partial charge in [0.1, 0.15) is 6.29 Å². The van der Waals surface area contributed by atoms with E-state index in [1.165, 1.54) is 22.4 Å². The number of aldehydes is 1. The molecule has 2 aromatic carbocycles. The Morgan fingerprint density at radius 3 is 2.27 bits per heavy atom. The Bertz CT molecular complexity index is 446. The second-order valence-corrected chi connectivity index (χ2v) is 3.17. The molecule has 1 nitrogen and oxygen atoms in total. The highest BCUT2D eigenvalue weighted by Gasteiger charge is 1.92. The molecule has 0 saturated heterocycles. The number of carbonyl (C=O) groups excluding carboxylic acids is 1. The molecule has 0 spiro atoms. The maximum absolute atomic E-state index is 9.06. The van der Waals surface area contributed by atoms with E-state index >= 15 is 0 Å². The molecule has 0 aromatic heterocycles. The van der Waals surface area contributed by atoms with Crippen molar-refractivity contribution in [3.8, 4) is 0 Å². The van der Waals surface area contributed by atoms with Gasteiger partial charge in [-0.25, -0.2) is 0 Å². The quantitative estimate of drug-likeness (QED) is 0.506. The van der Waals surface area contributed by atoms with Crippen molar-refractivity contribution in [1.82, 2.24) is 0 Å². The Kier molecular flexibility index (Phi) is 4.30. The third-order valence-electron chi connectivity index (χ3n) is 2.10. The molecule has 15 heavy (non-hydrogen) atoms. The largest absolute Gasteiger partial charge is 0.299 e. The highest BCUT2D eigenvalue weighted by Crippen LogP contribution is 2.16. The monoisotopic (exact) mass is 198 g/mol. The lowest BCUT2D eigenvalue weighted by molar-refractivity contribution is -0.104. The Labute approximate surface area is 90.1 Å². The highest BCUT2D eigenvalue weighted by atomic mass is 16.1. The number of allylic oxidation sites excluding steroid dienone is 1. The van der Waals surface area contributed by atoms with Crippen LogP contribution in [0.15, 0.2) is 55.1 Å². The van der Waals surface area contributed by atoms with Gasteiger partial charge in [-0.15, -0.1) is 0 Å². The van der Waals surface area contributed by atoms with Crippen molar-refractivity contribution < 1.29 is 4.79 Å². The molecule has 76 valence electrons. The van der Waals surface area contributed by atoms with Gasteiger partial charge in [0.05, 0.1) is 0 Å². The molecular formula is C14H14O. The van der Waals surface area contributed by atoms with E-state index in [0.29, 0.717) is 6.29 Å². The first kappa shape index (κ1) is 11.2. The summed E-state index contributed by atoms with van der Waals surface area (Å²) in [6.07, 6.45) is 1.83. The highest BCUT2D eigenvalue weighted by molar-refractivity contribution is 5.85. The van der Waals surface area contributed by atoms with E-state index in [-0.39, 0.29) is 0 Å². The van der Waals surface area contributed by atoms with Crippen LogP contribution in [0.25, 0.3) is 10.8 Å². The fourth-order valence-electron chi connectivity index (χ4n) is 1.39. The second-order valence-electron chi connectivity index (χ2n) is 3.17. The summed E-state index contributed by atoms with van der Waals surface area (Å²) in [6.45, 7) is 5.25. The van der Waals surface area contributed by atoms with Crippen molar-refractivity contribution in [1.29, 1.82) is 0 Å². The van der Waals surface area contributed by atoms with Crippen LogP contribution in [0, 0.1) is 6.92 Å². The van der Waals surface area contributed by atoms with Crippen molar-refractivity contribution >= 4 is 17.1 Å². The Morgan fingerprint density at radius 1 is 1.07 bits per heavy atom. The van der Waals surface area contributed by atoms with Crippen LogP contribution in [-0.4, -0.2) is 6.29 Å².